The number of carbonyl (C=O) groups is 1. The Morgan fingerprint density at radius 2 is 2.00 bits per heavy atom. The number of carbonyl (C=O) groups excluding carboxylic acids is 1. The fourth-order valence-electron chi connectivity index (χ4n) is 2.93. The van der Waals surface area contributed by atoms with Crippen LogP contribution in [0, 0.1) is 0 Å². The van der Waals surface area contributed by atoms with Gasteiger partial charge in [-0.1, -0.05) is 36.4 Å². The number of pyridine rings is 1. The lowest BCUT2D eigenvalue weighted by Crippen LogP contribution is -2.20. The monoisotopic (exact) mass is 346 g/mol. The van der Waals surface area contributed by atoms with E-state index >= 15 is 0 Å². The van der Waals surface area contributed by atoms with Crippen LogP contribution >= 0.6 is 0 Å². The van der Waals surface area contributed by atoms with E-state index in [-0.39, 0.29) is 5.91 Å². The van der Waals surface area contributed by atoms with E-state index in [2.05, 4.69) is 4.98 Å². The summed E-state index contributed by atoms with van der Waals surface area (Å²) in [6.07, 6.45) is 5.86. The second kappa shape index (κ2) is 6.84. The molecule has 0 spiro atoms. The maximum atomic E-state index is 11.9. The Kier molecular flexibility index (Phi) is 4.23. The van der Waals surface area contributed by atoms with E-state index in [4.69, 9.17) is 9.84 Å². The maximum Gasteiger partial charge on any atom is 0.230 e. The predicted octanol–water partition coefficient (Wildman–Crippen LogP) is 3.19. The summed E-state index contributed by atoms with van der Waals surface area (Å²) in [6.45, 7) is 0.450. The third-order valence-electron chi connectivity index (χ3n) is 4.23. The van der Waals surface area contributed by atoms with Gasteiger partial charge in [-0.2, -0.15) is 5.10 Å². The number of hydrogen-bond donors (Lipinski definition) is 0. The van der Waals surface area contributed by atoms with Gasteiger partial charge in [0.05, 0.1) is 36.9 Å². The van der Waals surface area contributed by atoms with E-state index in [1.165, 1.54) is 0 Å². The van der Waals surface area contributed by atoms with Crippen LogP contribution in [0.4, 0.5) is 0 Å². The predicted molar refractivity (Wildman–Crippen MR) is 97.7 cm³/mol. The van der Waals surface area contributed by atoms with Gasteiger partial charge in [-0.3, -0.25) is 4.79 Å². The number of rotatable bonds is 5. The Hall–Kier alpha value is -3.41. The summed E-state index contributed by atoms with van der Waals surface area (Å²) in [6, 6.07) is 15.8. The summed E-state index contributed by atoms with van der Waals surface area (Å²) in [5.74, 6) is 0.641. The normalized spacial score (nSPS) is 13.4. The van der Waals surface area contributed by atoms with Crippen LogP contribution in [-0.4, -0.2) is 32.7 Å². The summed E-state index contributed by atoms with van der Waals surface area (Å²) in [5, 5.41) is 4.72. The highest BCUT2D eigenvalue weighted by molar-refractivity contribution is 5.81. The Morgan fingerprint density at radius 1 is 1.15 bits per heavy atom. The molecule has 1 aliphatic rings. The fraction of sp³-hybridized carbons (Fsp3) is 0.150. The van der Waals surface area contributed by atoms with Gasteiger partial charge in [0.25, 0.3) is 0 Å². The first kappa shape index (κ1) is 16.1. The van der Waals surface area contributed by atoms with Crippen molar-refractivity contribution in [2.75, 3.05) is 7.11 Å². The first-order chi connectivity index (χ1) is 12.7. The number of nitrogens with zero attached hydrogens (tertiary/aromatic N) is 4. The van der Waals surface area contributed by atoms with E-state index < -0.39 is 0 Å². The Morgan fingerprint density at radius 3 is 2.65 bits per heavy atom. The smallest absolute Gasteiger partial charge is 0.230 e. The zero-order chi connectivity index (χ0) is 17.9. The highest BCUT2D eigenvalue weighted by atomic mass is 16.5. The second-order valence-corrected chi connectivity index (χ2v) is 5.97. The average Bonchev–Trinajstić information content (AvgIpc) is 3.29. The van der Waals surface area contributed by atoms with Gasteiger partial charge in [-0.25, -0.2) is 9.67 Å². The maximum absolute atomic E-state index is 11.9. The molecule has 0 saturated heterocycles. The van der Waals surface area contributed by atoms with Crippen LogP contribution in [0.3, 0.4) is 0 Å². The van der Waals surface area contributed by atoms with Crippen molar-refractivity contribution in [2.24, 2.45) is 0 Å². The SMILES string of the molecule is COc1ccc(-n2nc(CN3C=CCC3=O)cc2-c2ccccc2)cn1. The van der Waals surface area contributed by atoms with Gasteiger partial charge in [0.2, 0.25) is 11.8 Å². The summed E-state index contributed by atoms with van der Waals surface area (Å²) in [5.41, 5.74) is 3.65. The molecule has 0 atom stereocenters. The lowest BCUT2D eigenvalue weighted by molar-refractivity contribution is -0.127. The van der Waals surface area contributed by atoms with Crippen molar-refractivity contribution < 1.29 is 9.53 Å². The highest BCUT2D eigenvalue weighted by Gasteiger charge is 2.18. The van der Waals surface area contributed by atoms with Gasteiger partial charge >= 0.3 is 0 Å². The van der Waals surface area contributed by atoms with Crippen LogP contribution in [0.25, 0.3) is 16.9 Å². The van der Waals surface area contributed by atoms with Gasteiger partial charge in [0.15, 0.2) is 0 Å². The van der Waals surface area contributed by atoms with Crippen molar-refractivity contribution in [2.45, 2.75) is 13.0 Å². The average molecular weight is 346 g/mol. The number of benzene rings is 1. The first-order valence-corrected chi connectivity index (χ1v) is 8.35. The van der Waals surface area contributed by atoms with Gasteiger partial charge < -0.3 is 9.64 Å². The molecule has 1 aliphatic heterocycles. The molecule has 0 saturated carbocycles. The van der Waals surface area contributed by atoms with E-state index in [9.17, 15) is 4.79 Å². The van der Waals surface area contributed by atoms with Gasteiger partial charge in [-0.15, -0.1) is 0 Å². The van der Waals surface area contributed by atoms with Crippen LogP contribution in [0.5, 0.6) is 5.88 Å². The molecule has 0 N–H and O–H groups in total. The van der Waals surface area contributed by atoms with Crippen LogP contribution < -0.4 is 4.74 Å². The number of amides is 1. The summed E-state index contributed by atoms with van der Waals surface area (Å²) < 4.78 is 6.98. The summed E-state index contributed by atoms with van der Waals surface area (Å²) >= 11 is 0. The first-order valence-electron chi connectivity index (χ1n) is 8.35. The lowest BCUT2D eigenvalue weighted by Gasteiger charge is -2.11. The number of ether oxygens (including phenoxy) is 1. The Labute approximate surface area is 151 Å². The molecule has 0 radical (unpaired) electrons. The van der Waals surface area contributed by atoms with Crippen molar-refractivity contribution in [3.63, 3.8) is 0 Å². The molecule has 0 bridgehead atoms. The molecule has 0 fully saturated rings. The molecule has 0 aliphatic carbocycles. The molecular formula is C20H18N4O2. The third-order valence-corrected chi connectivity index (χ3v) is 4.23. The minimum absolute atomic E-state index is 0.0897. The molecule has 6 heteroatoms. The van der Waals surface area contributed by atoms with Crippen molar-refractivity contribution in [3.05, 3.63) is 72.7 Å². The van der Waals surface area contributed by atoms with Gasteiger partial charge in [-0.05, 0) is 12.1 Å². The molecule has 3 heterocycles. The van der Waals surface area contributed by atoms with E-state index in [1.54, 1.807) is 24.3 Å². The molecule has 4 rings (SSSR count). The molecule has 1 aromatic carbocycles. The van der Waals surface area contributed by atoms with Crippen LogP contribution in [0.1, 0.15) is 12.1 Å². The topological polar surface area (TPSA) is 60.2 Å². The fourth-order valence-corrected chi connectivity index (χ4v) is 2.93. The van der Waals surface area contributed by atoms with Crippen LogP contribution in [-0.2, 0) is 11.3 Å². The quantitative estimate of drug-likeness (QED) is 0.712. The summed E-state index contributed by atoms with van der Waals surface area (Å²) in [4.78, 5) is 17.8. The number of hydrogen-bond acceptors (Lipinski definition) is 4. The summed E-state index contributed by atoms with van der Waals surface area (Å²) in [7, 11) is 1.59. The molecule has 2 aromatic heterocycles. The molecule has 3 aromatic rings. The largest absolute Gasteiger partial charge is 0.481 e. The van der Waals surface area contributed by atoms with Crippen molar-refractivity contribution in [3.8, 4) is 22.8 Å². The molecule has 130 valence electrons. The second-order valence-electron chi connectivity index (χ2n) is 5.97. The zero-order valence-corrected chi connectivity index (χ0v) is 14.4. The minimum Gasteiger partial charge on any atom is -0.481 e. The van der Waals surface area contributed by atoms with E-state index in [0.29, 0.717) is 18.8 Å². The number of methoxy groups -OCH3 is 1. The number of aromatic nitrogens is 3. The van der Waals surface area contributed by atoms with Crippen molar-refractivity contribution in [1.29, 1.82) is 0 Å². The zero-order valence-electron chi connectivity index (χ0n) is 14.4. The van der Waals surface area contributed by atoms with E-state index in [1.807, 2.05) is 59.4 Å². The van der Waals surface area contributed by atoms with Crippen LogP contribution in [0.2, 0.25) is 0 Å². The third kappa shape index (κ3) is 3.09. The Balaban J connectivity index is 1.74. The lowest BCUT2D eigenvalue weighted by atomic mass is 10.1. The molecule has 0 unspecified atom stereocenters. The van der Waals surface area contributed by atoms with E-state index in [0.717, 1.165) is 22.6 Å². The van der Waals surface area contributed by atoms with Gasteiger partial charge in [0.1, 0.15) is 0 Å². The molecule has 26 heavy (non-hydrogen) atoms. The van der Waals surface area contributed by atoms with Gasteiger partial charge in [0, 0.05) is 24.3 Å². The molecule has 1 amide bonds. The highest BCUT2D eigenvalue weighted by Crippen LogP contribution is 2.25. The Bertz CT molecular complexity index is 946. The molecular weight excluding hydrogens is 328 g/mol. The molecule has 6 nitrogen and oxygen atoms in total. The van der Waals surface area contributed by atoms with Crippen LogP contribution in [0.15, 0.2) is 67.0 Å². The van der Waals surface area contributed by atoms with Crippen molar-refractivity contribution in [1.82, 2.24) is 19.7 Å². The van der Waals surface area contributed by atoms with Crippen molar-refractivity contribution >= 4 is 5.91 Å². The minimum atomic E-state index is 0.0897. The standard InChI is InChI=1S/C20H18N4O2/c1-26-19-10-9-17(13-21-19)24-18(15-6-3-2-4-7-15)12-16(22-24)14-23-11-5-8-20(23)25/h2-7,9-13H,8,14H2,1H3.